The van der Waals surface area contributed by atoms with E-state index in [4.69, 9.17) is 14.2 Å². The molecule has 1 unspecified atom stereocenters. The Morgan fingerprint density at radius 3 is 2.47 bits per heavy atom. The zero-order valence-corrected chi connectivity index (χ0v) is 18.6. The maximum absolute atomic E-state index is 12.5. The summed E-state index contributed by atoms with van der Waals surface area (Å²) >= 11 is 0. The van der Waals surface area contributed by atoms with Gasteiger partial charge in [-0.1, -0.05) is 30.3 Å². The van der Waals surface area contributed by atoms with E-state index in [0.29, 0.717) is 29.1 Å². The Kier molecular flexibility index (Phi) is 7.07. The second-order valence-corrected chi connectivity index (χ2v) is 7.71. The van der Waals surface area contributed by atoms with Crippen LogP contribution in [-0.4, -0.2) is 38.1 Å². The molecule has 2 amide bonds. The van der Waals surface area contributed by atoms with Crippen molar-refractivity contribution >= 4 is 29.2 Å². The molecule has 34 heavy (non-hydrogen) atoms. The molecule has 1 aliphatic heterocycles. The largest absolute Gasteiger partial charge is 0.495 e. The summed E-state index contributed by atoms with van der Waals surface area (Å²) in [7, 11) is 1.53. The summed E-state index contributed by atoms with van der Waals surface area (Å²) in [6.45, 7) is -0.192. The van der Waals surface area contributed by atoms with Gasteiger partial charge in [0.1, 0.15) is 18.1 Å². The van der Waals surface area contributed by atoms with Crippen molar-refractivity contribution in [2.45, 2.75) is 6.42 Å². The third-order valence-corrected chi connectivity index (χ3v) is 5.34. The molecule has 174 valence electrons. The molecule has 0 radical (unpaired) electrons. The van der Waals surface area contributed by atoms with Crippen molar-refractivity contribution in [3.05, 3.63) is 83.9 Å². The molecule has 8 heteroatoms. The molecule has 1 aliphatic rings. The number of nitrogens with one attached hydrogen (secondary N) is 2. The SMILES string of the molecule is COc1ccccc1NC(=O)c1ccc(NC(=O)COC(=O)C2COc3ccccc3C2)cc1. The van der Waals surface area contributed by atoms with E-state index in [-0.39, 0.29) is 12.5 Å². The van der Waals surface area contributed by atoms with E-state index in [1.165, 1.54) is 7.11 Å². The van der Waals surface area contributed by atoms with E-state index in [0.717, 1.165) is 11.3 Å². The third-order valence-electron chi connectivity index (χ3n) is 5.34. The highest BCUT2D eigenvalue weighted by Gasteiger charge is 2.27. The lowest BCUT2D eigenvalue weighted by molar-refractivity contribution is -0.152. The van der Waals surface area contributed by atoms with Crippen LogP contribution in [0.2, 0.25) is 0 Å². The standard InChI is InChI=1S/C26H24N2O6/c1-32-23-9-5-3-7-21(23)28-25(30)17-10-12-20(13-11-17)27-24(29)16-34-26(31)19-14-18-6-2-4-8-22(18)33-15-19/h2-13,19H,14-16H2,1H3,(H,27,29)(H,28,30). The summed E-state index contributed by atoms with van der Waals surface area (Å²) in [6, 6.07) is 21.0. The van der Waals surface area contributed by atoms with E-state index in [2.05, 4.69) is 10.6 Å². The number of esters is 1. The van der Waals surface area contributed by atoms with Crippen LogP contribution in [0.1, 0.15) is 15.9 Å². The third kappa shape index (κ3) is 5.53. The minimum Gasteiger partial charge on any atom is -0.495 e. The molecule has 3 aromatic rings. The summed E-state index contributed by atoms with van der Waals surface area (Å²) in [5.41, 5.74) is 2.38. The Morgan fingerprint density at radius 2 is 1.68 bits per heavy atom. The highest BCUT2D eigenvalue weighted by molar-refractivity contribution is 6.05. The lowest BCUT2D eigenvalue weighted by Crippen LogP contribution is -2.31. The first-order valence-electron chi connectivity index (χ1n) is 10.7. The minimum absolute atomic E-state index is 0.218. The number of ether oxygens (including phenoxy) is 3. The molecule has 1 heterocycles. The molecule has 0 spiro atoms. The van der Waals surface area contributed by atoms with Crippen molar-refractivity contribution in [1.82, 2.24) is 0 Å². The lowest BCUT2D eigenvalue weighted by Gasteiger charge is -2.23. The van der Waals surface area contributed by atoms with Crippen LogP contribution < -0.4 is 20.1 Å². The van der Waals surface area contributed by atoms with Gasteiger partial charge in [-0.3, -0.25) is 14.4 Å². The Bertz CT molecular complexity index is 1190. The summed E-state index contributed by atoms with van der Waals surface area (Å²) in [5.74, 6) is -0.399. The maximum Gasteiger partial charge on any atom is 0.313 e. The quantitative estimate of drug-likeness (QED) is 0.522. The van der Waals surface area contributed by atoms with Crippen LogP contribution in [0.4, 0.5) is 11.4 Å². The van der Waals surface area contributed by atoms with Gasteiger partial charge in [-0.05, 0) is 54.4 Å². The number of methoxy groups -OCH3 is 1. The number of rotatable bonds is 7. The number of anilines is 2. The van der Waals surface area contributed by atoms with Gasteiger partial charge >= 0.3 is 5.97 Å². The maximum atomic E-state index is 12.5. The molecular weight excluding hydrogens is 436 g/mol. The number of carbonyl (C=O) groups is 3. The number of hydrogen-bond acceptors (Lipinski definition) is 6. The van der Waals surface area contributed by atoms with Crippen molar-refractivity contribution in [2.75, 3.05) is 31.0 Å². The monoisotopic (exact) mass is 460 g/mol. The van der Waals surface area contributed by atoms with Gasteiger partial charge in [-0.15, -0.1) is 0 Å². The van der Waals surface area contributed by atoms with Crippen LogP contribution in [-0.2, 0) is 20.7 Å². The van der Waals surface area contributed by atoms with E-state index in [9.17, 15) is 14.4 Å². The molecule has 0 bridgehead atoms. The molecule has 0 saturated heterocycles. The molecule has 8 nitrogen and oxygen atoms in total. The van der Waals surface area contributed by atoms with Crippen LogP contribution in [0.25, 0.3) is 0 Å². The molecule has 0 aromatic heterocycles. The average molecular weight is 460 g/mol. The van der Waals surface area contributed by atoms with Gasteiger partial charge in [-0.2, -0.15) is 0 Å². The molecular formula is C26H24N2O6. The van der Waals surface area contributed by atoms with Gasteiger partial charge in [0, 0.05) is 11.3 Å². The predicted octanol–water partition coefficient (Wildman–Crippen LogP) is 3.68. The summed E-state index contributed by atoms with van der Waals surface area (Å²) in [5, 5.41) is 5.44. The first kappa shape index (κ1) is 22.8. The minimum atomic E-state index is -0.479. The Morgan fingerprint density at radius 1 is 0.941 bits per heavy atom. The fraction of sp³-hybridized carbons (Fsp3) is 0.192. The average Bonchev–Trinajstić information content (AvgIpc) is 2.87. The lowest BCUT2D eigenvalue weighted by atomic mass is 9.97. The zero-order chi connectivity index (χ0) is 23.9. The number of carbonyl (C=O) groups excluding carboxylic acids is 3. The first-order valence-corrected chi connectivity index (χ1v) is 10.7. The summed E-state index contributed by atoms with van der Waals surface area (Å²) in [6.07, 6.45) is 0.509. The van der Waals surface area contributed by atoms with Gasteiger partial charge in [0.2, 0.25) is 0 Å². The van der Waals surface area contributed by atoms with Crippen LogP contribution in [0, 0.1) is 5.92 Å². The topological polar surface area (TPSA) is 103 Å². The summed E-state index contributed by atoms with van der Waals surface area (Å²) < 4.78 is 16.0. The number of benzene rings is 3. The molecule has 0 aliphatic carbocycles. The highest BCUT2D eigenvalue weighted by atomic mass is 16.5. The first-order chi connectivity index (χ1) is 16.5. The second-order valence-electron chi connectivity index (χ2n) is 7.71. The van der Waals surface area contributed by atoms with Crippen molar-refractivity contribution < 1.29 is 28.6 Å². The number of fused-ring (bicyclic) bond motifs is 1. The Hall–Kier alpha value is -4.33. The number of hydrogen-bond donors (Lipinski definition) is 2. The van der Waals surface area contributed by atoms with Crippen LogP contribution in [0.3, 0.4) is 0 Å². The van der Waals surface area contributed by atoms with Crippen LogP contribution in [0.15, 0.2) is 72.8 Å². The smallest absolute Gasteiger partial charge is 0.313 e. The van der Waals surface area contributed by atoms with E-state index in [1.807, 2.05) is 30.3 Å². The molecule has 0 fully saturated rings. The van der Waals surface area contributed by atoms with Gasteiger partial charge in [0.25, 0.3) is 11.8 Å². The Balaban J connectivity index is 1.26. The van der Waals surface area contributed by atoms with Crippen LogP contribution >= 0.6 is 0 Å². The van der Waals surface area contributed by atoms with Gasteiger partial charge < -0.3 is 24.8 Å². The Labute approximate surface area is 196 Å². The van der Waals surface area contributed by atoms with Crippen molar-refractivity contribution in [3.8, 4) is 11.5 Å². The molecule has 2 N–H and O–H groups in total. The molecule has 3 aromatic carbocycles. The molecule has 0 saturated carbocycles. The van der Waals surface area contributed by atoms with E-state index < -0.39 is 24.4 Å². The molecule has 4 rings (SSSR count). The number of amides is 2. The molecule has 1 atom stereocenters. The fourth-order valence-corrected chi connectivity index (χ4v) is 3.58. The fourth-order valence-electron chi connectivity index (χ4n) is 3.58. The van der Waals surface area contributed by atoms with Crippen LogP contribution in [0.5, 0.6) is 11.5 Å². The van der Waals surface area contributed by atoms with Gasteiger partial charge in [0.05, 0.1) is 18.7 Å². The summed E-state index contributed by atoms with van der Waals surface area (Å²) in [4.78, 5) is 37.1. The number of para-hydroxylation sites is 3. The van der Waals surface area contributed by atoms with Crippen molar-refractivity contribution in [3.63, 3.8) is 0 Å². The van der Waals surface area contributed by atoms with E-state index in [1.54, 1.807) is 42.5 Å². The van der Waals surface area contributed by atoms with Gasteiger partial charge in [-0.25, -0.2) is 0 Å². The zero-order valence-electron chi connectivity index (χ0n) is 18.6. The van der Waals surface area contributed by atoms with Gasteiger partial charge in [0.15, 0.2) is 6.61 Å². The predicted molar refractivity (Wildman–Crippen MR) is 126 cm³/mol. The second kappa shape index (κ2) is 10.5. The van der Waals surface area contributed by atoms with Crippen molar-refractivity contribution in [2.24, 2.45) is 5.92 Å². The highest BCUT2D eigenvalue weighted by Crippen LogP contribution is 2.27. The van der Waals surface area contributed by atoms with Crippen molar-refractivity contribution in [1.29, 1.82) is 0 Å². The normalized spacial score (nSPS) is 14.2. The van der Waals surface area contributed by atoms with E-state index >= 15 is 0 Å².